The van der Waals surface area contributed by atoms with E-state index in [1.54, 1.807) is 13.1 Å². The molecule has 7 nitrogen and oxygen atoms in total. The second kappa shape index (κ2) is 6.65. The Balaban J connectivity index is 2.07. The van der Waals surface area contributed by atoms with Crippen LogP contribution in [0.2, 0.25) is 0 Å². The van der Waals surface area contributed by atoms with Gasteiger partial charge in [0.1, 0.15) is 11.4 Å². The number of aryl methyl sites for hydroxylation is 1. The van der Waals surface area contributed by atoms with E-state index >= 15 is 0 Å². The summed E-state index contributed by atoms with van der Waals surface area (Å²) in [6, 6.07) is 7.55. The lowest BCUT2D eigenvalue weighted by molar-refractivity contribution is 0.242. The van der Waals surface area contributed by atoms with Gasteiger partial charge in [-0.05, 0) is 38.5 Å². The van der Waals surface area contributed by atoms with Crippen LogP contribution in [0, 0.1) is 6.92 Å². The minimum atomic E-state index is -0.523. The summed E-state index contributed by atoms with van der Waals surface area (Å²) in [7, 11) is 0. The maximum Gasteiger partial charge on any atom is 0.363 e. The molecule has 2 aromatic rings. The zero-order valence-corrected chi connectivity index (χ0v) is 12.1. The molecular formula is C14H17N5O2. The van der Waals surface area contributed by atoms with E-state index in [0.717, 1.165) is 11.3 Å². The minimum Gasteiger partial charge on any atom is -0.491 e. The highest BCUT2D eigenvalue weighted by atomic mass is 16.5. The molecule has 7 heteroatoms. The number of hydrogen-bond donors (Lipinski definition) is 2. The number of nitrogens with zero attached hydrogens (tertiary/aromatic N) is 3. The topological polar surface area (TPSA) is 92.3 Å². The number of H-pyrrole nitrogens is 1. The molecule has 0 saturated carbocycles. The summed E-state index contributed by atoms with van der Waals surface area (Å²) in [5.74, 6) is 1.10. The molecule has 2 rings (SSSR count). The van der Waals surface area contributed by atoms with Crippen LogP contribution >= 0.6 is 0 Å². The van der Waals surface area contributed by atoms with Gasteiger partial charge in [-0.2, -0.15) is 15.2 Å². The van der Waals surface area contributed by atoms with Crippen LogP contribution in [-0.4, -0.2) is 27.5 Å². The molecule has 0 aliphatic rings. The van der Waals surface area contributed by atoms with Crippen LogP contribution in [0.4, 0.5) is 5.82 Å². The fourth-order valence-corrected chi connectivity index (χ4v) is 1.61. The SMILES string of the molecule is Cc1n[nH]c(=O)nc1NN=Cc1cccc(OC(C)C)c1. The Kier molecular flexibility index (Phi) is 4.65. The third kappa shape index (κ3) is 4.41. The maximum absolute atomic E-state index is 11.1. The van der Waals surface area contributed by atoms with Crippen molar-refractivity contribution in [2.75, 3.05) is 5.43 Å². The van der Waals surface area contributed by atoms with Crippen LogP contribution in [0.1, 0.15) is 25.1 Å². The zero-order chi connectivity index (χ0) is 15.2. The first-order valence-electron chi connectivity index (χ1n) is 6.53. The number of anilines is 1. The monoisotopic (exact) mass is 287 g/mol. The van der Waals surface area contributed by atoms with Crippen molar-refractivity contribution in [3.05, 3.63) is 46.0 Å². The minimum absolute atomic E-state index is 0.115. The highest BCUT2D eigenvalue weighted by molar-refractivity contribution is 5.80. The van der Waals surface area contributed by atoms with Gasteiger partial charge in [0.05, 0.1) is 12.3 Å². The number of benzene rings is 1. The first kappa shape index (κ1) is 14.7. The largest absolute Gasteiger partial charge is 0.491 e. The summed E-state index contributed by atoms with van der Waals surface area (Å²) < 4.78 is 5.60. The van der Waals surface area contributed by atoms with Crippen molar-refractivity contribution >= 4 is 12.0 Å². The second-order valence-electron chi connectivity index (χ2n) is 4.68. The number of aromatic amines is 1. The van der Waals surface area contributed by atoms with E-state index < -0.39 is 5.69 Å². The van der Waals surface area contributed by atoms with E-state index in [1.165, 1.54) is 0 Å². The average Bonchev–Trinajstić information content (AvgIpc) is 2.42. The normalized spacial score (nSPS) is 11.0. The van der Waals surface area contributed by atoms with E-state index in [0.29, 0.717) is 11.5 Å². The number of aromatic nitrogens is 3. The van der Waals surface area contributed by atoms with Crippen molar-refractivity contribution in [1.82, 2.24) is 15.2 Å². The molecular weight excluding hydrogens is 270 g/mol. The molecule has 0 bridgehead atoms. The smallest absolute Gasteiger partial charge is 0.363 e. The van der Waals surface area contributed by atoms with Gasteiger partial charge < -0.3 is 4.74 Å². The van der Waals surface area contributed by atoms with E-state index in [2.05, 4.69) is 25.7 Å². The molecule has 1 aromatic heterocycles. The summed E-state index contributed by atoms with van der Waals surface area (Å²) in [5, 5.41) is 10.1. The summed E-state index contributed by atoms with van der Waals surface area (Å²) in [6.45, 7) is 5.66. The molecule has 1 heterocycles. The van der Waals surface area contributed by atoms with Gasteiger partial charge in [-0.15, -0.1) is 0 Å². The molecule has 2 N–H and O–H groups in total. The zero-order valence-electron chi connectivity index (χ0n) is 12.1. The lowest BCUT2D eigenvalue weighted by Crippen LogP contribution is -2.15. The van der Waals surface area contributed by atoms with Crippen molar-refractivity contribution in [3.63, 3.8) is 0 Å². The quantitative estimate of drug-likeness (QED) is 0.645. The number of ether oxygens (including phenoxy) is 1. The molecule has 0 unspecified atom stereocenters. The summed E-state index contributed by atoms with van der Waals surface area (Å²) in [5.41, 5.74) is 3.61. The first-order chi connectivity index (χ1) is 10.0. The van der Waals surface area contributed by atoms with Crippen molar-refractivity contribution in [3.8, 4) is 5.75 Å². The predicted molar refractivity (Wildman–Crippen MR) is 80.8 cm³/mol. The standard InChI is InChI=1S/C14H17N5O2/c1-9(2)21-12-6-4-5-11(7-12)8-15-18-13-10(3)17-19-14(20)16-13/h4-9H,1-3H3,(H2,16,18,19,20). The number of hydrogen-bond acceptors (Lipinski definition) is 6. The summed E-state index contributed by atoms with van der Waals surface area (Å²) in [4.78, 5) is 14.8. The van der Waals surface area contributed by atoms with Gasteiger partial charge in [-0.1, -0.05) is 12.1 Å². The van der Waals surface area contributed by atoms with Gasteiger partial charge in [-0.3, -0.25) is 5.43 Å². The Morgan fingerprint density at radius 1 is 1.43 bits per heavy atom. The van der Waals surface area contributed by atoms with Gasteiger partial charge in [0, 0.05) is 0 Å². The van der Waals surface area contributed by atoms with Crippen LogP contribution in [0.5, 0.6) is 5.75 Å². The van der Waals surface area contributed by atoms with Gasteiger partial charge in [0.2, 0.25) is 0 Å². The van der Waals surface area contributed by atoms with E-state index in [1.807, 2.05) is 38.1 Å². The van der Waals surface area contributed by atoms with Crippen LogP contribution in [0.3, 0.4) is 0 Å². The van der Waals surface area contributed by atoms with Crippen LogP contribution in [-0.2, 0) is 0 Å². The molecule has 0 spiro atoms. The Morgan fingerprint density at radius 2 is 2.24 bits per heavy atom. The Bertz CT molecular complexity index is 694. The van der Waals surface area contributed by atoms with Gasteiger partial charge in [-0.25, -0.2) is 9.89 Å². The molecule has 0 aliphatic heterocycles. The molecule has 0 atom stereocenters. The van der Waals surface area contributed by atoms with Gasteiger partial charge >= 0.3 is 5.69 Å². The molecule has 0 amide bonds. The molecule has 0 radical (unpaired) electrons. The van der Waals surface area contributed by atoms with Gasteiger partial charge in [0.15, 0.2) is 5.82 Å². The third-order valence-electron chi connectivity index (χ3n) is 2.49. The second-order valence-corrected chi connectivity index (χ2v) is 4.68. The van der Waals surface area contributed by atoms with Crippen molar-refractivity contribution in [2.24, 2.45) is 5.10 Å². The highest BCUT2D eigenvalue weighted by Gasteiger charge is 2.01. The van der Waals surface area contributed by atoms with E-state index in [-0.39, 0.29) is 6.10 Å². The molecule has 21 heavy (non-hydrogen) atoms. The van der Waals surface area contributed by atoms with Crippen LogP contribution < -0.4 is 15.9 Å². The Labute approximate surface area is 122 Å². The third-order valence-corrected chi connectivity index (χ3v) is 2.49. The van der Waals surface area contributed by atoms with E-state index in [4.69, 9.17) is 4.74 Å². The molecule has 1 aromatic carbocycles. The van der Waals surface area contributed by atoms with Crippen molar-refractivity contribution in [2.45, 2.75) is 26.9 Å². The summed E-state index contributed by atoms with van der Waals surface area (Å²) in [6.07, 6.45) is 1.74. The number of rotatable bonds is 5. The molecule has 0 aliphatic carbocycles. The average molecular weight is 287 g/mol. The fraction of sp³-hybridized carbons (Fsp3) is 0.286. The Hall–Kier alpha value is -2.70. The number of hydrazone groups is 1. The molecule has 110 valence electrons. The van der Waals surface area contributed by atoms with Crippen LogP contribution in [0.25, 0.3) is 0 Å². The predicted octanol–water partition coefficient (Wildman–Crippen LogP) is 1.71. The first-order valence-corrected chi connectivity index (χ1v) is 6.53. The van der Waals surface area contributed by atoms with Crippen molar-refractivity contribution < 1.29 is 4.74 Å². The van der Waals surface area contributed by atoms with Crippen molar-refractivity contribution in [1.29, 1.82) is 0 Å². The lowest BCUT2D eigenvalue weighted by Gasteiger charge is -2.09. The van der Waals surface area contributed by atoms with Gasteiger partial charge in [0.25, 0.3) is 0 Å². The Morgan fingerprint density at radius 3 is 3.00 bits per heavy atom. The summed E-state index contributed by atoms with van der Waals surface area (Å²) >= 11 is 0. The fourth-order valence-electron chi connectivity index (χ4n) is 1.61. The maximum atomic E-state index is 11.1. The molecule has 0 saturated heterocycles. The molecule has 0 fully saturated rings. The highest BCUT2D eigenvalue weighted by Crippen LogP contribution is 2.13. The number of nitrogens with one attached hydrogen (secondary N) is 2. The van der Waals surface area contributed by atoms with Crippen LogP contribution in [0.15, 0.2) is 34.2 Å². The lowest BCUT2D eigenvalue weighted by atomic mass is 10.2. The van der Waals surface area contributed by atoms with E-state index in [9.17, 15) is 4.79 Å².